The van der Waals surface area contributed by atoms with E-state index in [0.717, 1.165) is 7.11 Å². The van der Waals surface area contributed by atoms with Crippen LogP contribution in [0, 0.1) is 10.1 Å². The van der Waals surface area contributed by atoms with Gasteiger partial charge in [-0.1, -0.05) is 47.5 Å². The number of nitro groups is 1. The topological polar surface area (TPSA) is 116 Å². The fourth-order valence-corrected chi connectivity index (χ4v) is 4.60. The third-order valence-electron chi connectivity index (χ3n) is 5.75. The molecule has 1 aliphatic rings. The molecule has 174 valence electrons. The normalized spacial score (nSPS) is 22.5. The average Bonchev–Trinajstić information content (AvgIpc) is 2.79. The molecule has 33 heavy (non-hydrogen) atoms. The van der Waals surface area contributed by atoms with E-state index < -0.39 is 40.0 Å². The Hall–Kier alpha value is -3.10. The summed E-state index contributed by atoms with van der Waals surface area (Å²) >= 11 is 12.0. The monoisotopic (exact) mass is 493 g/mol. The number of carbonyl (C=O) groups is 2. The maximum Gasteiger partial charge on any atom is 0.386 e. The summed E-state index contributed by atoms with van der Waals surface area (Å²) in [6, 6.07) is 12.0. The van der Waals surface area contributed by atoms with E-state index in [9.17, 15) is 24.8 Å². The SMILES string of the molecule is CCOC(=O)[C@]1([N+](=O)[O-])[C@@H](c2ccc(Cl)cc2)CC(O)=C(C(=O)OC)[C@@H]1c1ccc(Cl)cc1. The molecule has 0 aliphatic heterocycles. The number of aliphatic hydroxyl groups excluding tert-OH is 1. The van der Waals surface area contributed by atoms with Crippen molar-refractivity contribution < 1.29 is 29.1 Å². The zero-order chi connectivity index (χ0) is 24.3. The molecule has 3 rings (SSSR count). The highest BCUT2D eigenvalue weighted by Gasteiger charge is 2.69. The van der Waals surface area contributed by atoms with Gasteiger partial charge in [-0.15, -0.1) is 0 Å². The van der Waals surface area contributed by atoms with Crippen molar-refractivity contribution in [2.24, 2.45) is 0 Å². The minimum atomic E-state index is -2.49. The van der Waals surface area contributed by atoms with Crippen LogP contribution < -0.4 is 0 Å². The number of ether oxygens (including phenoxy) is 2. The number of nitrogens with zero attached hydrogens (tertiary/aromatic N) is 1. The summed E-state index contributed by atoms with van der Waals surface area (Å²) in [7, 11) is 1.09. The van der Waals surface area contributed by atoms with E-state index in [2.05, 4.69) is 0 Å². The van der Waals surface area contributed by atoms with Crippen LogP contribution in [0.1, 0.15) is 36.3 Å². The van der Waals surface area contributed by atoms with Gasteiger partial charge in [0.1, 0.15) is 11.7 Å². The summed E-state index contributed by atoms with van der Waals surface area (Å²) in [6.45, 7) is 1.40. The summed E-state index contributed by atoms with van der Waals surface area (Å²) in [4.78, 5) is 38.3. The van der Waals surface area contributed by atoms with Gasteiger partial charge in [0.15, 0.2) is 0 Å². The maximum atomic E-state index is 13.5. The zero-order valence-corrected chi connectivity index (χ0v) is 19.3. The van der Waals surface area contributed by atoms with Crippen LogP contribution in [0.5, 0.6) is 0 Å². The predicted molar refractivity (Wildman–Crippen MR) is 121 cm³/mol. The second-order valence-electron chi connectivity index (χ2n) is 7.45. The van der Waals surface area contributed by atoms with Crippen LogP contribution in [-0.2, 0) is 19.1 Å². The fraction of sp³-hybridized carbons (Fsp3) is 0.304. The van der Waals surface area contributed by atoms with Crippen molar-refractivity contribution in [1.29, 1.82) is 0 Å². The van der Waals surface area contributed by atoms with Crippen molar-refractivity contribution in [1.82, 2.24) is 0 Å². The number of benzene rings is 2. The van der Waals surface area contributed by atoms with Gasteiger partial charge in [-0.05, 0) is 42.3 Å². The summed E-state index contributed by atoms with van der Waals surface area (Å²) < 4.78 is 10.0. The number of halogens is 2. The van der Waals surface area contributed by atoms with Crippen LogP contribution in [0.2, 0.25) is 10.0 Å². The highest BCUT2D eigenvalue weighted by molar-refractivity contribution is 6.30. The summed E-state index contributed by atoms with van der Waals surface area (Å²) in [6.07, 6.45) is -0.365. The molecule has 0 aromatic heterocycles. The van der Waals surface area contributed by atoms with Gasteiger partial charge < -0.3 is 14.6 Å². The molecule has 1 aliphatic carbocycles. The molecule has 0 radical (unpaired) electrons. The van der Waals surface area contributed by atoms with E-state index in [0.29, 0.717) is 15.6 Å². The molecule has 0 bridgehead atoms. The van der Waals surface area contributed by atoms with Crippen LogP contribution in [0.25, 0.3) is 0 Å². The standard InChI is InChI=1S/C23H21Cl2NO7/c1-3-33-22(29)23(26(30)31)17(13-4-8-15(24)9-5-13)12-18(27)19(21(28)32-2)20(23)14-6-10-16(25)11-7-14/h4-11,17,20,27H,3,12H2,1-2H3/t17-,20+,23+/m1/s1. The third-order valence-corrected chi connectivity index (χ3v) is 6.26. The van der Waals surface area contributed by atoms with Crippen molar-refractivity contribution in [3.05, 3.63) is 91.1 Å². The maximum absolute atomic E-state index is 13.5. The first kappa shape index (κ1) is 24.5. The lowest BCUT2D eigenvalue weighted by Crippen LogP contribution is -2.59. The largest absolute Gasteiger partial charge is 0.512 e. The molecular weight excluding hydrogens is 473 g/mol. The van der Waals surface area contributed by atoms with Crippen LogP contribution in [0.4, 0.5) is 0 Å². The Morgan fingerprint density at radius 2 is 1.61 bits per heavy atom. The molecule has 3 atom stereocenters. The number of aliphatic hydroxyl groups is 1. The summed E-state index contributed by atoms with van der Waals surface area (Å²) in [5.74, 6) is -5.24. The smallest absolute Gasteiger partial charge is 0.386 e. The number of methoxy groups -OCH3 is 1. The third kappa shape index (κ3) is 4.28. The summed E-state index contributed by atoms with van der Waals surface area (Å²) in [5.41, 5.74) is -2.28. The van der Waals surface area contributed by atoms with Gasteiger partial charge in [0.2, 0.25) is 0 Å². The van der Waals surface area contributed by atoms with Crippen molar-refractivity contribution >= 4 is 35.1 Å². The zero-order valence-electron chi connectivity index (χ0n) is 17.8. The van der Waals surface area contributed by atoms with Crippen molar-refractivity contribution in [2.45, 2.75) is 30.7 Å². The van der Waals surface area contributed by atoms with Gasteiger partial charge in [-0.25, -0.2) is 9.59 Å². The summed E-state index contributed by atoms with van der Waals surface area (Å²) in [5, 5.41) is 24.5. The second kappa shape index (κ2) is 9.80. The Morgan fingerprint density at radius 3 is 2.06 bits per heavy atom. The lowest BCUT2D eigenvalue weighted by Gasteiger charge is -2.41. The molecule has 0 saturated heterocycles. The Kier molecular flexibility index (Phi) is 7.29. The van der Waals surface area contributed by atoms with E-state index in [1.165, 1.54) is 43.3 Å². The van der Waals surface area contributed by atoms with Crippen LogP contribution in [0.15, 0.2) is 59.9 Å². The molecule has 0 fully saturated rings. The average molecular weight is 494 g/mol. The molecule has 1 N–H and O–H groups in total. The van der Waals surface area contributed by atoms with E-state index >= 15 is 0 Å². The lowest BCUT2D eigenvalue weighted by molar-refractivity contribution is -0.564. The van der Waals surface area contributed by atoms with E-state index in [1.807, 2.05) is 0 Å². The van der Waals surface area contributed by atoms with Gasteiger partial charge in [-0.3, -0.25) is 10.1 Å². The van der Waals surface area contributed by atoms with Crippen molar-refractivity contribution in [2.75, 3.05) is 13.7 Å². The van der Waals surface area contributed by atoms with Gasteiger partial charge in [0.25, 0.3) is 0 Å². The fourth-order valence-electron chi connectivity index (χ4n) is 4.35. The van der Waals surface area contributed by atoms with Crippen LogP contribution >= 0.6 is 23.2 Å². The Labute approximate surface area is 199 Å². The number of allylic oxidation sites excluding steroid dienone is 1. The first-order valence-electron chi connectivity index (χ1n) is 10.0. The number of rotatable bonds is 6. The molecule has 0 saturated carbocycles. The number of carbonyl (C=O) groups excluding carboxylic acids is 2. The molecule has 10 heteroatoms. The molecule has 0 unspecified atom stereocenters. The molecule has 8 nitrogen and oxygen atoms in total. The highest BCUT2D eigenvalue weighted by atomic mass is 35.5. The molecule has 2 aromatic rings. The van der Waals surface area contributed by atoms with E-state index in [-0.39, 0.29) is 24.2 Å². The van der Waals surface area contributed by atoms with E-state index in [4.69, 9.17) is 32.7 Å². The van der Waals surface area contributed by atoms with Gasteiger partial charge in [0.05, 0.1) is 25.2 Å². The predicted octanol–water partition coefficient (Wildman–Crippen LogP) is 4.83. The molecule has 2 aromatic carbocycles. The minimum Gasteiger partial charge on any atom is -0.512 e. The molecule has 0 heterocycles. The molecular formula is C23H21Cl2NO7. The van der Waals surface area contributed by atoms with Crippen molar-refractivity contribution in [3.8, 4) is 0 Å². The molecule has 0 spiro atoms. The molecule has 0 amide bonds. The number of esters is 2. The van der Waals surface area contributed by atoms with Crippen LogP contribution in [0.3, 0.4) is 0 Å². The van der Waals surface area contributed by atoms with Gasteiger partial charge in [-0.2, -0.15) is 0 Å². The Bertz CT molecular complexity index is 1100. The lowest BCUT2D eigenvalue weighted by atomic mass is 9.61. The van der Waals surface area contributed by atoms with Gasteiger partial charge in [0, 0.05) is 21.4 Å². The number of hydrogen-bond donors (Lipinski definition) is 1. The quantitative estimate of drug-likeness (QED) is 0.348. The first-order chi connectivity index (χ1) is 15.7. The second-order valence-corrected chi connectivity index (χ2v) is 8.32. The number of hydrogen-bond acceptors (Lipinski definition) is 7. The van der Waals surface area contributed by atoms with Crippen molar-refractivity contribution in [3.63, 3.8) is 0 Å². The Morgan fingerprint density at radius 1 is 1.09 bits per heavy atom. The minimum absolute atomic E-state index is 0.127. The van der Waals surface area contributed by atoms with E-state index in [1.54, 1.807) is 12.1 Å². The highest BCUT2D eigenvalue weighted by Crippen LogP contribution is 2.54. The van der Waals surface area contributed by atoms with Crippen LogP contribution in [-0.4, -0.2) is 41.2 Å². The Balaban J connectivity index is 2.43. The van der Waals surface area contributed by atoms with Gasteiger partial charge >= 0.3 is 17.5 Å². The first-order valence-corrected chi connectivity index (χ1v) is 10.8.